The molecule has 26 heavy (non-hydrogen) atoms. The largest absolute Gasteiger partial charge is 0.481 e. The van der Waals surface area contributed by atoms with Crippen molar-refractivity contribution in [1.82, 2.24) is 4.90 Å². The molecule has 2 amide bonds. The zero-order chi connectivity index (χ0) is 18.9. The third-order valence-electron chi connectivity index (χ3n) is 5.84. The highest BCUT2D eigenvalue weighted by atomic mass is 32.2. The third-order valence-corrected chi connectivity index (χ3v) is 6.99. The van der Waals surface area contributed by atoms with Crippen LogP contribution >= 0.6 is 11.8 Å². The fourth-order valence-corrected chi connectivity index (χ4v) is 5.05. The summed E-state index contributed by atoms with van der Waals surface area (Å²) in [5.41, 5.74) is 2.39. The first kappa shape index (κ1) is 19.1. The topological polar surface area (TPSA) is 69.6 Å². The molecule has 1 aliphatic heterocycles. The molecule has 0 aromatic heterocycles. The molecule has 142 valence electrons. The highest BCUT2D eigenvalue weighted by Gasteiger charge is 2.55. The normalized spacial score (nSPS) is 24.8. The summed E-state index contributed by atoms with van der Waals surface area (Å²) < 4.78 is 0. The molecule has 5 nitrogen and oxygen atoms in total. The van der Waals surface area contributed by atoms with Crippen molar-refractivity contribution >= 4 is 29.4 Å². The van der Waals surface area contributed by atoms with Gasteiger partial charge in [-0.15, -0.1) is 0 Å². The lowest BCUT2D eigenvalue weighted by molar-refractivity contribution is -0.149. The second kappa shape index (κ2) is 7.51. The summed E-state index contributed by atoms with van der Waals surface area (Å²) in [5.74, 6) is 0.251. The number of aliphatic carboxylic acids is 1. The van der Waals surface area contributed by atoms with Crippen LogP contribution in [0.2, 0.25) is 0 Å². The van der Waals surface area contributed by atoms with E-state index in [4.69, 9.17) is 0 Å². The first-order chi connectivity index (χ1) is 12.3. The van der Waals surface area contributed by atoms with E-state index in [1.54, 1.807) is 4.90 Å². The Labute approximate surface area is 159 Å². The number of benzene rings is 1. The summed E-state index contributed by atoms with van der Waals surface area (Å²) in [5, 5.41) is 13.3. The first-order valence-corrected chi connectivity index (χ1v) is 10.4. The molecular formula is C20H28N2O3S. The van der Waals surface area contributed by atoms with Crippen LogP contribution in [0.4, 0.5) is 10.5 Å². The van der Waals surface area contributed by atoms with Crippen LogP contribution in [0.1, 0.15) is 44.2 Å². The van der Waals surface area contributed by atoms with Gasteiger partial charge in [0.1, 0.15) is 0 Å². The molecule has 1 aromatic carbocycles. The number of hydrogen-bond donors (Lipinski definition) is 2. The van der Waals surface area contributed by atoms with Crippen molar-refractivity contribution in [1.29, 1.82) is 0 Å². The van der Waals surface area contributed by atoms with Gasteiger partial charge in [0.25, 0.3) is 0 Å². The van der Waals surface area contributed by atoms with E-state index in [1.807, 2.05) is 30.8 Å². The van der Waals surface area contributed by atoms with Crippen molar-refractivity contribution in [2.24, 2.45) is 11.3 Å². The number of amides is 2. The number of carboxylic acids is 1. The Balaban J connectivity index is 1.69. The van der Waals surface area contributed by atoms with Crippen LogP contribution in [0.15, 0.2) is 18.2 Å². The van der Waals surface area contributed by atoms with Gasteiger partial charge >= 0.3 is 12.0 Å². The van der Waals surface area contributed by atoms with Gasteiger partial charge in [-0.3, -0.25) is 4.79 Å². The Bertz CT molecular complexity index is 706. The van der Waals surface area contributed by atoms with Crippen LogP contribution in [-0.2, 0) is 10.5 Å². The summed E-state index contributed by atoms with van der Waals surface area (Å²) in [7, 11) is 0. The van der Waals surface area contributed by atoms with Crippen molar-refractivity contribution in [2.45, 2.75) is 51.0 Å². The summed E-state index contributed by atoms with van der Waals surface area (Å²) in [6, 6.07) is 5.80. The molecule has 1 aliphatic carbocycles. The Morgan fingerprint density at radius 1 is 1.42 bits per heavy atom. The zero-order valence-corrected chi connectivity index (χ0v) is 16.6. The predicted molar refractivity (Wildman–Crippen MR) is 106 cm³/mol. The van der Waals surface area contributed by atoms with Crippen LogP contribution in [0.5, 0.6) is 0 Å². The Hall–Kier alpha value is -1.69. The molecule has 1 heterocycles. The number of thioether (sulfide) groups is 1. The maximum atomic E-state index is 12.8. The molecule has 0 unspecified atom stereocenters. The number of carbonyl (C=O) groups is 2. The minimum absolute atomic E-state index is 0.0839. The van der Waals surface area contributed by atoms with Gasteiger partial charge in [-0.05, 0) is 48.1 Å². The smallest absolute Gasteiger partial charge is 0.321 e. The number of rotatable bonds is 5. The van der Waals surface area contributed by atoms with Crippen molar-refractivity contribution in [3.63, 3.8) is 0 Å². The Morgan fingerprint density at radius 2 is 2.19 bits per heavy atom. The van der Waals surface area contributed by atoms with E-state index in [9.17, 15) is 14.7 Å². The molecule has 0 spiro atoms. The van der Waals surface area contributed by atoms with E-state index in [0.29, 0.717) is 24.8 Å². The highest BCUT2D eigenvalue weighted by molar-refractivity contribution is 7.99. The van der Waals surface area contributed by atoms with Crippen LogP contribution in [0, 0.1) is 18.3 Å². The van der Waals surface area contributed by atoms with Crippen molar-refractivity contribution in [3.8, 4) is 0 Å². The molecule has 1 saturated heterocycles. The third kappa shape index (κ3) is 3.56. The molecule has 1 aromatic rings. The van der Waals surface area contributed by atoms with Gasteiger partial charge in [0.2, 0.25) is 0 Å². The molecule has 0 radical (unpaired) electrons. The van der Waals surface area contributed by atoms with Crippen LogP contribution < -0.4 is 5.32 Å². The van der Waals surface area contributed by atoms with E-state index in [-0.39, 0.29) is 11.9 Å². The standard InChI is InChI=1S/C20H28N2O3S/c1-13(2)26-11-15-6-4-8-17(14(15)3)21-19(25)22-10-16-7-5-9-20(16,12-22)18(23)24/h4,6,8,13,16H,5,7,9-12H2,1-3H3,(H,21,25)(H,23,24)/t16-,20+/m0/s1. The number of nitrogens with one attached hydrogen (secondary N) is 1. The molecule has 2 N–H and O–H groups in total. The maximum Gasteiger partial charge on any atom is 0.321 e. The monoisotopic (exact) mass is 376 g/mol. The van der Waals surface area contributed by atoms with E-state index in [2.05, 4.69) is 25.2 Å². The van der Waals surface area contributed by atoms with Gasteiger partial charge in [0, 0.05) is 24.5 Å². The predicted octanol–water partition coefficient (Wildman–Crippen LogP) is 4.36. The number of nitrogens with zero attached hydrogens (tertiary/aromatic N) is 1. The fourth-order valence-electron chi connectivity index (χ4n) is 4.22. The summed E-state index contributed by atoms with van der Waals surface area (Å²) in [6.07, 6.45) is 2.52. The average Bonchev–Trinajstić information content (AvgIpc) is 3.13. The lowest BCUT2D eigenvalue weighted by Crippen LogP contribution is -2.38. The lowest BCUT2D eigenvalue weighted by atomic mass is 9.81. The minimum Gasteiger partial charge on any atom is -0.481 e. The molecule has 3 rings (SSSR count). The Morgan fingerprint density at radius 3 is 2.85 bits per heavy atom. The van der Waals surface area contributed by atoms with Crippen LogP contribution in [0.25, 0.3) is 0 Å². The zero-order valence-electron chi connectivity index (χ0n) is 15.7. The van der Waals surface area contributed by atoms with Crippen molar-refractivity contribution < 1.29 is 14.7 Å². The number of carbonyl (C=O) groups excluding carboxylic acids is 1. The lowest BCUT2D eigenvalue weighted by Gasteiger charge is -2.23. The number of carboxylic acid groups (broad SMARTS) is 1. The Kier molecular flexibility index (Phi) is 5.51. The van der Waals surface area contributed by atoms with Crippen molar-refractivity contribution in [2.75, 3.05) is 18.4 Å². The van der Waals surface area contributed by atoms with Gasteiger partial charge in [-0.1, -0.05) is 32.4 Å². The minimum atomic E-state index is -0.751. The second-order valence-corrected chi connectivity index (χ2v) is 9.38. The number of hydrogen-bond acceptors (Lipinski definition) is 3. The van der Waals surface area contributed by atoms with Crippen LogP contribution in [0.3, 0.4) is 0 Å². The van der Waals surface area contributed by atoms with Gasteiger partial charge in [-0.25, -0.2) is 4.79 Å². The molecule has 0 bridgehead atoms. The van der Waals surface area contributed by atoms with Crippen molar-refractivity contribution in [3.05, 3.63) is 29.3 Å². The number of likely N-dealkylation sites (tertiary alicyclic amines) is 1. The summed E-state index contributed by atoms with van der Waals surface area (Å²) in [4.78, 5) is 26.2. The molecule has 2 atom stereocenters. The quantitative estimate of drug-likeness (QED) is 0.801. The molecular weight excluding hydrogens is 348 g/mol. The van der Waals surface area contributed by atoms with E-state index >= 15 is 0 Å². The van der Waals surface area contributed by atoms with E-state index in [1.165, 1.54) is 5.56 Å². The van der Waals surface area contributed by atoms with Crippen LogP contribution in [-0.4, -0.2) is 40.3 Å². The number of anilines is 1. The molecule has 2 aliphatic rings. The number of urea groups is 1. The second-order valence-electron chi connectivity index (χ2n) is 7.81. The highest BCUT2D eigenvalue weighted by Crippen LogP contribution is 2.49. The first-order valence-electron chi connectivity index (χ1n) is 9.33. The van der Waals surface area contributed by atoms with E-state index < -0.39 is 11.4 Å². The van der Waals surface area contributed by atoms with Gasteiger partial charge in [-0.2, -0.15) is 11.8 Å². The number of fused-ring (bicyclic) bond motifs is 1. The fraction of sp³-hybridized carbons (Fsp3) is 0.600. The SMILES string of the molecule is Cc1c(CSC(C)C)cccc1NC(=O)N1C[C@@H]2CCC[C@@]2(C(=O)O)C1. The molecule has 6 heteroatoms. The summed E-state index contributed by atoms with van der Waals surface area (Å²) in [6.45, 7) is 7.24. The average molecular weight is 377 g/mol. The maximum absolute atomic E-state index is 12.8. The van der Waals surface area contributed by atoms with Gasteiger partial charge < -0.3 is 15.3 Å². The van der Waals surface area contributed by atoms with Gasteiger partial charge in [0.15, 0.2) is 0 Å². The van der Waals surface area contributed by atoms with E-state index in [0.717, 1.165) is 29.8 Å². The molecule has 2 fully saturated rings. The summed E-state index contributed by atoms with van der Waals surface area (Å²) >= 11 is 1.88. The van der Waals surface area contributed by atoms with Gasteiger partial charge in [0.05, 0.1) is 5.41 Å². The molecule has 1 saturated carbocycles.